The molecule has 56 heavy (non-hydrogen) atoms. The molecule has 6 heterocycles. The Bertz CT molecular complexity index is 2460. The molecule has 2 unspecified atom stereocenters. The van der Waals surface area contributed by atoms with Gasteiger partial charge in [-0.3, -0.25) is 0 Å². The summed E-state index contributed by atoms with van der Waals surface area (Å²) in [4.78, 5) is 25.4. The molecule has 6 aromatic carbocycles. The van der Waals surface area contributed by atoms with E-state index in [0.29, 0.717) is 0 Å². The van der Waals surface area contributed by atoms with Crippen LogP contribution in [0, 0.1) is 0 Å². The fourth-order valence-corrected chi connectivity index (χ4v) is 10.8. The third-order valence-electron chi connectivity index (χ3n) is 13.4. The standard InChI is InChI=1S/C46H48N10/c1-47(2)31-21-37-41-39(23-31)51(27-55-43-33-13-9-7-11-29(33)15-17-35(43)53(45(41)55)25-49(37)5)19-20-52-28-56-44-34-14-10-8-12-30(34)16-18-36(44)54-26-50(6)38-22-32(48(3)4)24-40(52)42(38)46(54)56/h7-18,21-24,45-46H,19-20,25-28H2,1-6H3. The van der Waals surface area contributed by atoms with Crippen LogP contribution in [0.15, 0.2) is 97.1 Å². The van der Waals surface area contributed by atoms with Crippen molar-refractivity contribution in [3.63, 3.8) is 0 Å². The minimum atomic E-state index is 0.167. The van der Waals surface area contributed by atoms with E-state index in [1.165, 1.54) is 89.5 Å². The quantitative estimate of drug-likeness (QED) is 0.174. The molecule has 6 aromatic rings. The molecule has 0 spiro atoms. The Morgan fingerprint density at radius 3 is 1.30 bits per heavy atom. The predicted octanol–water partition coefficient (Wildman–Crippen LogP) is 7.85. The minimum Gasteiger partial charge on any atom is -0.378 e. The Morgan fingerprint density at radius 1 is 0.464 bits per heavy atom. The number of anilines is 10. The van der Waals surface area contributed by atoms with E-state index in [1.54, 1.807) is 0 Å². The largest absolute Gasteiger partial charge is 0.378 e. The van der Waals surface area contributed by atoms with Crippen LogP contribution >= 0.6 is 0 Å². The Kier molecular flexibility index (Phi) is 6.43. The Hall–Kier alpha value is -6.16. The molecule has 0 saturated carbocycles. The number of benzene rings is 6. The molecular formula is C46H48N10. The first-order chi connectivity index (χ1) is 27.2. The molecule has 0 aromatic heterocycles. The molecule has 6 aliphatic rings. The summed E-state index contributed by atoms with van der Waals surface area (Å²) in [6, 6.07) is 36.9. The van der Waals surface area contributed by atoms with Crippen LogP contribution in [0.5, 0.6) is 0 Å². The predicted molar refractivity (Wildman–Crippen MR) is 236 cm³/mol. The van der Waals surface area contributed by atoms with Crippen molar-refractivity contribution < 1.29 is 0 Å². The highest BCUT2D eigenvalue weighted by atomic mass is 15.5. The maximum atomic E-state index is 2.70. The van der Waals surface area contributed by atoms with Crippen molar-refractivity contribution in [2.45, 2.75) is 12.3 Å². The molecule has 0 bridgehead atoms. The van der Waals surface area contributed by atoms with Crippen molar-refractivity contribution in [1.82, 2.24) is 0 Å². The molecule has 0 radical (unpaired) electrons. The Labute approximate surface area is 329 Å². The fourth-order valence-electron chi connectivity index (χ4n) is 10.8. The van der Waals surface area contributed by atoms with Gasteiger partial charge in [-0.15, -0.1) is 0 Å². The highest BCUT2D eigenvalue weighted by Gasteiger charge is 2.50. The molecule has 12 rings (SSSR count). The second kappa shape index (κ2) is 11.2. The zero-order valence-corrected chi connectivity index (χ0v) is 33.1. The molecule has 10 heteroatoms. The second-order valence-corrected chi connectivity index (χ2v) is 17.0. The summed E-state index contributed by atoms with van der Waals surface area (Å²) in [5.41, 5.74) is 16.1. The number of rotatable bonds is 5. The first-order valence-electron chi connectivity index (χ1n) is 20.0. The lowest BCUT2D eigenvalue weighted by atomic mass is 9.98. The van der Waals surface area contributed by atoms with Gasteiger partial charge in [-0.2, -0.15) is 0 Å². The lowest BCUT2D eigenvalue weighted by Crippen LogP contribution is -2.56. The van der Waals surface area contributed by atoms with E-state index in [1.807, 2.05) is 0 Å². The smallest absolute Gasteiger partial charge is 0.135 e. The summed E-state index contributed by atoms with van der Waals surface area (Å²) in [6.45, 7) is 5.14. The summed E-state index contributed by atoms with van der Waals surface area (Å²) in [6.07, 6.45) is 0.333. The van der Waals surface area contributed by atoms with Gasteiger partial charge in [0, 0.05) is 111 Å². The Balaban J connectivity index is 0.998. The first-order valence-corrected chi connectivity index (χ1v) is 20.0. The number of hydrogen-bond acceptors (Lipinski definition) is 10. The summed E-state index contributed by atoms with van der Waals surface area (Å²) >= 11 is 0. The van der Waals surface area contributed by atoms with Crippen molar-refractivity contribution in [1.29, 1.82) is 0 Å². The minimum absolute atomic E-state index is 0.167. The topological polar surface area (TPSA) is 32.4 Å². The third kappa shape index (κ3) is 4.16. The molecular weight excluding hydrogens is 693 g/mol. The summed E-state index contributed by atoms with van der Waals surface area (Å²) < 4.78 is 0. The van der Waals surface area contributed by atoms with Crippen molar-refractivity contribution in [2.24, 2.45) is 0 Å². The highest BCUT2D eigenvalue weighted by molar-refractivity contribution is 6.06. The second-order valence-electron chi connectivity index (χ2n) is 17.0. The van der Waals surface area contributed by atoms with Crippen LogP contribution in [0.4, 0.5) is 56.9 Å². The van der Waals surface area contributed by atoms with Crippen LogP contribution in [0.2, 0.25) is 0 Å². The zero-order valence-electron chi connectivity index (χ0n) is 33.1. The molecule has 0 amide bonds. The Morgan fingerprint density at radius 2 is 0.875 bits per heavy atom. The zero-order chi connectivity index (χ0) is 37.7. The van der Waals surface area contributed by atoms with Gasteiger partial charge in [-0.1, -0.05) is 60.7 Å². The average molecular weight is 741 g/mol. The molecule has 0 aliphatic carbocycles. The SMILES string of the molecule is CN(C)c1cc2c3c(c1)N(CCN1CN4c5c(ccc6ccccc56)N5CN(C)c6cc(N(C)C)cc1c6C54)CN1c4c(ccc5ccccc45)N(CN2C)C31. The lowest BCUT2D eigenvalue weighted by molar-refractivity contribution is 0.528. The van der Waals surface area contributed by atoms with Crippen molar-refractivity contribution >= 4 is 78.4 Å². The van der Waals surface area contributed by atoms with E-state index in [9.17, 15) is 0 Å². The van der Waals surface area contributed by atoms with Crippen LogP contribution in [-0.4, -0.2) is 82.1 Å². The average Bonchev–Trinajstić information content (AvgIpc) is 3.71. The van der Waals surface area contributed by atoms with Gasteiger partial charge in [-0.05, 0) is 47.2 Å². The fraction of sp³-hybridized carbons (Fsp3) is 0.304. The van der Waals surface area contributed by atoms with Gasteiger partial charge in [0.05, 0.1) is 49.4 Å². The molecule has 6 aliphatic heterocycles. The van der Waals surface area contributed by atoms with Crippen LogP contribution < -0.4 is 49.0 Å². The number of fused-ring (bicyclic) bond motifs is 10. The van der Waals surface area contributed by atoms with Gasteiger partial charge in [0.2, 0.25) is 0 Å². The molecule has 0 N–H and O–H groups in total. The molecule has 10 nitrogen and oxygen atoms in total. The van der Waals surface area contributed by atoms with E-state index in [0.717, 1.165) is 39.8 Å². The van der Waals surface area contributed by atoms with Crippen LogP contribution in [-0.2, 0) is 0 Å². The van der Waals surface area contributed by atoms with E-state index < -0.39 is 0 Å². The maximum Gasteiger partial charge on any atom is 0.135 e. The monoisotopic (exact) mass is 740 g/mol. The van der Waals surface area contributed by atoms with Gasteiger partial charge < -0.3 is 49.0 Å². The van der Waals surface area contributed by atoms with Gasteiger partial charge in [0.25, 0.3) is 0 Å². The van der Waals surface area contributed by atoms with Crippen molar-refractivity contribution in [2.75, 3.05) is 131 Å². The van der Waals surface area contributed by atoms with Crippen molar-refractivity contribution in [3.8, 4) is 0 Å². The number of nitrogens with zero attached hydrogens (tertiary/aromatic N) is 10. The summed E-state index contributed by atoms with van der Waals surface area (Å²) in [5, 5.41) is 5.26. The molecule has 2 atom stereocenters. The van der Waals surface area contributed by atoms with Crippen LogP contribution in [0.3, 0.4) is 0 Å². The van der Waals surface area contributed by atoms with Crippen molar-refractivity contribution in [3.05, 3.63) is 108 Å². The van der Waals surface area contributed by atoms with Gasteiger partial charge in [0.15, 0.2) is 0 Å². The van der Waals surface area contributed by atoms with Gasteiger partial charge >= 0.3 is 0 Å². The van der Waals surface area contributed by atoms with Gasteiger partial charge in [-0.25, -0.2) is 0 Å². The summed E-state index contributed by atoms with van der Waals surface area (Å²) in [7, 11) is 13.2. The highest BCUT2D eigenvalue weighted by Crippen LogP contribution is 2.60. The molecule has 282 valence electrons. The normalized spacial score (nSPS) is 19.5. The van der Waals surface area contributed by atoms with Crippen LogP contribution in [0.25, 0.3) is 21.5 Å². The lowest BCUT2D eigenvalue weighted by Gasteiger charge is -2.51. The first kappa shape index (κ1) is 32.1. The van der Waals surface area contributed by atoms with Gasteiger partial charge in [0.1, 0.15) is 12.3 Å². The number of hydrogen-bond donors (Lipinski definition) is 0. The van der Waals surface area contributed by atoms with E-state index >= 15 is 0 Å². The maximum absolute atomic E-state index is 2.70. The van der Waals surface area contributed by atoms with E-state index in [-0.39, 0.29) is 12.3 Å². The van der Waals surface area contributed by atoms with Crippen LogP contribution in [0.1, 0.15) is 23.5 Å². The molecule has 0 fully saturated rings. The summed E-state index contributed by atoms with van der Waals surface area (Å²) in [5.74, 6) is 0. The third-order valence-corrected chi connectivity index (χ3v) is 13.4. The molecule has 0 saturated heterocycles. The van der Waals surface area contributed by atoms with E-state index in [2.05, 4.69) is 188 Å². The van der Waals surface area contributed by atoms with E-state index in [4.69, 9.17) is 0 Å².